The standard InChI is InChI=1S/C16H25N3/c1-3-11-18-16(17-2)19-12-14-9-6-8-13-7-4-5-10-15(13)14/h4-5,7,10,14H,3,6,8-9,11-12H2,1-2H3,(H2,17,18,19). The molecule has 0 saturated heterocycles. The zero-order chi connectivity index (χ0) is 13.5. The van der Waals surface area contributed by atoms with Crippen molar-refractivity contribution in [2.24, 2.45) is 4.99 Å². The van der Waals surface area contributed by atoms with Gasteiger partial charge in [0.1, 0.15) is 0 Å². The molecule has 3 nitrogen and oxygen atoms in total. The molecule has 2 N–H and O–H groups in total. The largest absolute Gasteiger partial charge is 0.356 e. The second kappa shape index (κ2) is 7.17. The predicted molar refractivity (Wildman–Crippen MR) is 81.8 cm³/mol. The summed E-state index contributed by atoms with van der Waals surface area (Å²) in [4.78, 5) is 4.26. The fourth-order valence-corrected chi connectivity index (χ4v) is 2.75. The van der Waals surface area contributed by atoms with E-state index < -0.39 is 0 Å². The Labute approximate surface area is 116 Å². The maximum absolute atomic E-state index is 4.26. The Morgan fingerprint density at radius 2 is 2.16 bits per heavy atom. The smallest absolute Gasteiger partial charge is 0.190 e. The summed E-state index contributed by atoms with van der Waals surface area (Å²) in [6.07, 6.45) is 4.92. The van der Waals surface area contributed by atoms with Gasteiger partial charge in [0.05, 0.1) is 0 Å². The SMILES string of the molecule is CCCNC(=NC)NCC1CCCc2ccccc21. The lowest BCUT2D eigenvalue weighted by Crippen LogP contribution is -2.40. The van der Waals surface area contributed by atoms with Crippen LogP contribution in [-0.2, 0) is 6.42 Å². The van der Waals surface area contributed by atoms with Gasteiger partial charge in [-0.15, -0.1) is 0 Å². The molecular weight excluding hydrogens is 234 g/mol. The zero-order valence-electron chi connectivity index (χ0n) is 12.1. The molecule has 0 spiro atoms. The summed E-state index contributed by atoms with van der Waals surface area (Å²) in [6, 6.07) is 8.85. The van der Waals surface area contributed by atoms with E-state index in [0.717, 1.165) is 25.5 Å². The lowest BCUT2D eigenvalue weighted by molar-refractivity contribution is 0.539. The van der Waals surface area contributed by atoms with Crippen LogP contribution in [0.3, 0.4) is 0 Å². The van der Waals surface area contributed by atoms with Crippen LogP contribution in [0, 0.1) is 0 Å². The van der Waals surface area contributed by atoms with Crippen LogP contribution >= 0.6 is 0 Å². The summed E-state index contributed by atoms with van der Waals surface area (Å²) in [5.74, 6) is 1.54. The van der Waals surface area contributed by atoms with Crippen LogP contribution in [0.4, 0.5) is 0 Å². The topological polar surface area (TPSA) is 36.4 Å². The summed E-state index contributed by atoms with van der Waals surface area (Å²) in [6.45, 7) is 4.11. The minimum atomic E-state index is 0.616. The number of rotatable bonds is 4. The Morgan fingerprint density at radius 3 is 2.95 bits per heavy atom. The molecule has 1 aliphatic carbocycles. The molecule has 0 fully saturated rings. The second-order valence-electron chi connectivity index (χ2n) is 5.17. The molecular formula is C16H25N3. The van der Waals surface area contributed by atoms with E-state index in [4.69, 9.17) is 0 Å². The summed E-state index contributed by atoms with van der Waals surface area (Å²) in [7, 11) is 1.83. The lowest BCUT2D eigenvalue weighted by atomic mass is 9.83. The first-order valence-corrected chi connectivity index (χ1v) is 7.37. The Kier molecular flexibility index (Phi) is 5.25. The number of hydrogen-bond donors (Lipinski definition) is 2. The summed E-state index contributed by atoms with van der Waals surface area (Å²) in [5, 5.41) is 6.78. The average molecular weight is 259 g/mol. The molecule has 0 saturated carbocycles. The van der Waals surface area contributed by atoms with E-state index in [0.29, 0.717) is 5.92 Å². The monoisotopic (exact) mass is 259 g/mol. The second-order valence-corrected chi connectivity index (χ2v) is 5.17. The Bertz CT molecular complexity index is 426. The van der Waals surface area contributed by atoms with Gasteiger partial charge < -0.3 is 10.6 Å². The van der Waals surface area contributed by atoms with E-state index in [2.05, 4.69) is 46.8 Å². The normalized spacial score (nSPS) is 18.8. The highest BCUT2D eigenvalue weighted by atomic mass is 15.2. The molecule has 1 atom stereocenters. The van der Waals surface area contributed by atoms with Gasteiger partial charge in [-0.3, -0.25) is 4.99 Å². The van der Waals surface area contributed by atoms with E-state index in [-0.39, 0.29) is 0 Å². The van der Waals surface area contributed by atoms with Crippen LogP contribution in [0.5, 0.6) is 0 Å². The van der Waals surface area contributed by atoms with Gasteiger partial charge in [0.2, 0.25) is 0 Å². The Morgan fingerprint density at radius 1 is 1.32 bits per heavy atom. The van der Waals surface area contributed by atoms with E-state index in [1.165, 1.54) is 30.4 Å². The highest BCUT2D eigenvalue weighted by molar-refractivity contribution is 5.79. The summed E-state index contributed by atoms with van der Waals surface area (Å²) in [5.41, 5.74) is 3.05. The minimum absolute atomic E-state index is 0.616. The number of hydrogen-bond acceptors (Lipinski definition) is 1. The van der Waals surface area contributed by atoms with Crippen molar-refractivity contribution in [2.75, 3.05) is 20.1 Å². The van der Waals surface area contributed by atoms with Crippen LogP contribution in [0.1, 0.15) is 43.2 Å². The molecule has 1 aromatic rings. The number of aryl methyl sites for hydroxylation is 1. The third-order valence-corrected chi connectivity index (χ3v) is 3.78. The Balaban J connectivity index is 1.93. The first kappa shape index (κ1) is 13.9. The third-order valence-electron chi connectivity index (χ3n) is 3.78. The molecule has 0 heterocycles. The van der Waals surface area contributed by atoms with Gasteiger partial charge in [-0.05, 0) is 36.8 Å². The quantitative estimate of drug-likeness (QED) is 0.644. The van der Waals surface area contributed by atoms with Crippen molar-refractivity contribution in [3.63, 3.8) is 0 Å². The first-order valence-electron chi connectivity index (χ1n) is 7.37. The maximum atomic E-state index is 4.26. The molecule has 0 aromatic heterocycles. The molecule has 0 radical (unpaired) electrons. The fraction of sp³-hybridized carbons (Fsp3) is 0.562. The fourth-order valence-electron chi connectivity index (χ4n) is 2.75. The van der Waals surface area contributed by atoms with Crippen molar-refractivity contribution < 1.29 is 0 Å². The van der Waals surface area contributed by atoms with E-state index in [9.17, 15) is 0 Å². The zero-order valence-corrected chi connectivity index (χ0v) is 12.1. The maximum Gasteiger partial charge on any atom is 0.190 e. The summed E-state index contributed by atoms with van der Waals surface area (Å²) < 4.78 is 0. The molecule has 1 aliphatic rings. The number of aliphatic imine (C=N–C) groups is 1. The van der Waals surface area contributed by atoms with Crippen molar-refractivity contribution in [3.05, 3.63) is 35.4 Å². The molecule has 2 rings (SSSR count). The van der Waals surface area contributed by atoms with Gasteiger partial charge in [0.15, 0.2) is 5.96 Å². The van der Waals surface area contributed by atoms with Crippen LogP contribution < -0.4 is 10.6 Å². The molecule has 104 valence electrons. The van der Waals surface area contributed by atoms with Gasteiger partial charge in [-0.2, -0.15) is 0 Å². The van der Waals surface area contributed by atoms with Crippen molar-refractivity contribution in [1.29, 1.82) is 0 Å². The molecule has 1 unspecified atom stereocenters. The molecule has 19 heavy (non-hydrogen) atoms. The highest BCUT2D eigenvalue weighted by Gasteiger charge is 2.19. The molecule has 0 aliphatic heterocycles. The number of fused-ring (bicyclic) bond motifs is 1. The van der Waals surface area contributed by atoms with Crippen LogP contribution in [0.2, 0.25) is 0 Å². The Hall–Kier alpha value is -1.51. The highest BCUT2D eigenvalue weighted by Crippen LogP contribution is 2.30. The number of guanidine groups is 1. The van der Waals surface area contributed by atoms with Gasteiger partial charge in [-0.25, -0.2) is 0 Å². The average Bonchev–Trinajstić information content (AvgIpc) is 2.47. The van der Waals surface area contributed by atoms with Gasteiger partial charge in [0, 0.05) is 26.1 Å². The van der Waals surface area contributed by atoms with Crippen LogP contribution in [-0.4, -0.2) is 26.1 Å². The molecule has 0 bridgehead atoms. The van der Waals surface area contributed by atoms with Crippen molar-refractivity contribution in [1.82, 2.24) is 10.6 Å². The number of nitrogens with one attached hydrogen (secondary N) is 2. The minimum Gasteiger partial charge on any atom is -0.356 e. The lowest BCUT2D eigenvalue weighted by Gasteiger charge is -2.26. The van der Waals surface area contributed by atoms with Gasteiger partial charge in [0.25, 0.3) is 0 Å². The van der Waals surface area contributed by atoms with Gasteiger partial charge >= 0.3 is 0 Å². The summed E-state index contributed by atoms with van der Waals surface area (Å²) >= 11 is 0. The van der Waals surface area contributed by atoms with E-state index >= 15 is 0 Å². The van der Waals surface area contributed by atoms with E-state index in [1.54, 1.807) is 0 Å². The van der Waals surface area contributed by atoms with Crippen molar-refractivity contribution in [3.8, 4) is 0 Å². The molecule has 3 heteroatoms. The van der Waals surface area contributed by atoms with Gasteiger partial charge in [-0.1, -0.05) is 31.2 Å². The molecule has 1 aromatic carbocycles. The molecule has 0 amide bonds. The number of nitrogens with zero attached hydrogens (tertiary/aromatic N) is 1. The third kappa shape index (κ3) is 3.72. The van der Waals surface area contributed by atoms with Crippen molar-refractivity contribution in [2.45, 2.75) is 38.5 Å². The predicted octanol–water partition coefficient (Wildman–Crippen LogP) is 2.68. The van der Waals surface area contributed by atoms with E-state index in [1.807, 2.05) is 7.05 Å². The number of benzene rings is 1. The van der Waals surface area contributed by atoms with Crippen LogP contribution in [0.25, 0.3) is 0 Å². The first-order chi connectivity index (χ1) is 9.35. The van der Waals surface area contributed by atoms with Crippen molar-refractivity contribution >= 4 is 5.96 Å². The van der Waals surface area contributed by atoms with Crippen LogP contribution in [0.15, 0.2) is 29.3 Å².